The van der Waals surface area contributed by atoms with E-state index in [2.05, 4.69) is 4.99 Å². The molecule has 0 N–H and O–H groups in total. The molecule has 1 heterocycles. The van der Waals surface area contributed by atoms with Gasteiger partial charge in [0.1, 0.15) is 0 Å². The summed E-state index contributed by atoms with van der Waals surface area (Å²) in [6, 6.07) is 24.1. The van der Waals surface area contributed by atoms with Crippen LogP contribution in [0.2, 0.25) is 5.02 Å². The zero-order chi connectivity index (χ0) is 21.1. The first-order valence-corrected chi connectivity index (χ1v) is 11.8. The average Bonchev–Trinajstić information content (AvgIpc) is 3.20. The predicted molar refractivity (Wildman–Crippen MR) is 120 cm³/mol. The van der Waals surface area contributed by atoms with Crippen molar-refractivity contribution in [3.05, 3.63) is 101 Å². The Labute approximate surface area is 184 Å². The first-order valence-electron chi connectivity index (χ1n) is 9.13. The minimum atomic E-state index is -3.90. The van der Waals surface area contributed by atoms with Crippen molar-refractivity contribution in [2.24, 2.45) is 4.99 Å². The maximum absolute atomic E-state index is 13.3. The summed E-state index contributed by atoms with van der Waals surface area (Å²) in [7, 11) is -3.90. The number of hydrogen-bond donors (Lipinski definition) is 0. The molecule has 0 aliphatic carbocycles. The maximum Gasteiger partial charge on any atom is 0.279 e. The zero-order valence-electron chi connectivity index (χ0n) is 15.7. The van der Waals surface area contributed by atoms with Crippen molar-refractivity contribution in [2.75, 3.05) is 6.54 Å². The number of thioether (sulfide) groups is 1. The minimum absolute atomic E-state index is 0.0982. The molecule has 1 unspecified atom stereocenters. The second kappa shape index (κ2) is 8.63. The highest BCUT2D eigenvalue weighted by Gasteiger charge is 2.39. The Morgan fingerprint density at radius 3 is 2.17 bits per heavy atom. The lowest BCUT2D eigenvalue weighted by atomic mass is 10.1. The van der Waals surface area contributed by atoms with Gasteiger partial charge in [-0.15, -0.1) is 0 Å². The Morgan fingerprint density at radius 1 is 0.933 bits per heavy atom. The second-order valence-corrected chi connectivity index (χ2v) is 10.0. The molecule has 152 valence electrons. The summed E-state index contributed by atoms with van der Waals surface area (Å²) >= 11 is 7.18. The monoisotopic (exact) mass is 456 g/mol. The quantitative estimate of drug-likeness (QED) is 0.553. The summed E-state index contributed by atoms with van der Waals surface area (Å²) in [5.41, 5.74) is 1.37. The van der Waals surface area contributed by atoms with Gasteiger partial charge in [0.05, 0.1) is 16.7 Å². The molecule has 5 nitrogen and oxygen atoms in total. The van der Waals surface area contributed by atoms with E-state index in [1.165, 1.54) is 40.3 Å². The van der Waals surface area contributed by atoms with Gasteiger partial charge in [0.2, 0.25) is 0 Å². The predicted octanol–water partition coefficient (Wildman–Crippen LogP) is 5.02. The van der Waals surface area contributed by atoms with Crippen molar-refractivity contribution in [3.8, 4) is 0 Å². The Bertz CT molecular complexity index is 1180. The first kappa shape index (κ1) is 20.7. The topological polar surface area (TPSA) is 66.8 Å². The van der Waals surface area contributed by atoms with Gasteiger partial charge in [-0.3, -0.25) is 4.79 Å². The first-order chi connectivity index (χ1) is 14.4. The average molecular weight is 457 g/mol. The summed E-state index contributed by atoms with van der Waals surface area (Å²) in [6.07, 6.45) is 0. The Balaban J connectivity index is 1.73. The molecule has 0 spiro atoms. The minimum Gasteiger partial charge on any atom is -0.267 e. The summed E-state index contributed by atoms with van der Waals surface area (Å²) in [6.45, 7) is 0.181. The van der Waals surface area contributed by atoms with Crippen LogP contribution in [0, 0.1) is 0 Å². The van der Waals surface area contributed by atoms with Crippen molar-refractivity contribution in [2.45, 2.75) is 10.1 Å². The molecule has 1 aliphatic rings. The van der Waals surface area contributed by atoms with Crippen molar-refractivity contribution in [1.82, 2.24) is 4.31 Å². The van der Waals surface area contributed by atoms with Crippen LogP contribution < -0.4 is 0 Å². The van der Waals surface area contributed by atoms with Crippen molar-refractivity contribution in [1.29, 1.82) is 0 Å². The van der Waals surface area contributed by atoms with Gasteiger partial charge >= 0.3 is 0 Å². The number of halogens is 1. The number of hydrogen-bond acceptors (Lipinski definition) is 4. The van der Waals surface area contributed by atoms with E-state index in [9.17, 15) is 13.2 Å². The van der Waals surface area contributed by atoms with E-state index in [1.54, 1.807) is 30.3 Å². The van der Waals surface area contributed by atoms with Gasteiger partial charge in [0.15, 0.2) is 5.17 Å². The van der Waals surface area contributed by atoms with Gasteiger partial charge in [-0.1, -0.05) is 71.9 Å². The number of benzene rings is 3. The smallest absolute Gasteiger partial charge is 0.267 e. The molecule has 4 rings (SSSR count). The number of nitrogens with zero attached hydrogens (tertiary/aromatic N) is 2. The molecule has 0 aromatic heterocycles. The van der Waals surface area contributed by atoms with Gasteiger partial charge in [0.25, 0.3) is 15.9 Å². The third kappa shape index (κ3) is 4.28. The summed E-state index contributed by atoms with van der Waals surface area (Å²) in [5, 5.41) is 0.434. The molecular weight excluding hydrogens is 440 g/mol. The van der Waals surface area contributed by atoms with Gasteiger partial charge < -0.3 is 0 Å². The summed E-state index contributed by atoms with van der Waals surface area (Å²) < 4.78 is 27.9. The van der Waals surface area contributed by atoms with Crippen LogP contribution >= 0.6 is 23.4 Å². The number of aliphatic imine (C=N–C) groups is 1. The third-order valence-electron chi connectivity index (χ3n) is 4.58. The Kier molecular flexibility index (Phi) is 5.94. The SMILES string of the molecule is O=C(N=C1SC(c2ccccc2)CN1S(=O)(=O)c1ccc(Cl)cc1)c1ccccc1. The molecule has 0 saturated carbocycles. The van der Waals surface area contributed by atoms with E-state index in [0.717, 1.165) is 5.56 Å². The molecule has 3 aromatic carbocycles. The molecule has 1 fully saturated rings. The lowest BCUT2D eigenvalue weighted by molar-refractivity contribution is 0.100. The summed E-state index contributed by atoms with van der Waals surface area (Å²) in [5.74, 6) is -0.483. The van der Waals surface area contributed by atoms with Crippen LogP contribution in [-0.2, 0) is 10.0 Å². The van der Waals surface area contributed by atoms with Gasteiger partial charge in [-0.2, -0.15) is 4.99 Å². The summed E-state index contributed by atoms with van der Waals surface area (Å²) in [4.78, 5) is 16.9. The normalized spacial score (nSPS) is 18.0. The highest BCUT2D eigenvalue weighted by molar-refractivity contribution is 8.15. The molecule has 1 aliphatic heterocycles. The van der Waals surface area contributed by atoms with E-state index >= 15 is 0 Å². The molecular formula is C22H17ClN2O3S2. The van der Waals surface area contributed by atoms with Crippen LogP contribution in [0.4, 0.5) is 0 Å². The van der Waals surface area contributed by atoms with Crippen LogP contribution in [-0.4, -0.2) is 30.3 Å². The number of rotatable bonds is 4. The Morgan fingerprint density at radius 2 is 1.53 bits per heavy atom. The molecule has 8 heteroatoms. The third-order valence-corrected chi connectivity index (χ3v) is 7.95. The zero-order valence-corrected chi connectivity index (χ0v) is 18.1. The van der Waals surface area contributed by atoms with Crippen molar-refractivity contribution < 1.29 is 13.2 Å². The van der Waals surface area contributed by atoms with Crippen LogP contribution in [0.3, 0.4) is 0 Å². The number of carbonyl (C=O) groups excluding carboxylic acids is 1. The second-order valence-electron chi connectivity index (χ2n) is 6.57. The lowest BCUT2D eigenvalue weighted by Crippen LogP contribution is -2.32. The molecule has 1 saturated heterocycles. The maximum atomic E-state index is 13.3. The van der Waals surface area contributed by atoms with E-state index in [1.807, 2.05) is 30.3 Å². The number of carbonyl (C=O) groups is 1. The largest absolute Gasteiger partial charge is 0.279 e. The van der Waals surface area contributed by atoms with Crippen molar-refractivity contribution in [3.63, 3.8) is 0 Å². The van der Waals surface area contributed by atoms with E-state index < -0.39 is 15.9 Å². The standard InChI is InChI=1S/C22H17ClN2O3S2/c23-18-11-13-19(14-12-18)30(27,28)25-15-20(16-7-3-1-4-8-16)29-22(25)24-21(26)17-9-5-2-6-10-17/h1-14,20H,15H2. The van der Waals surface area contributed by atoms with E-state index in [4.69, 9.17) is 11.6 Å². The molecule has 3 aromatic rings. The highest BCUT2D eigenvalue weighted by Crippen LogP contribution is 2.41. The van der Waals surface area contributed by atoms with Crippen LogP contribution in [0.5, 0.6) is 0 Å². The van der Waals surface area contributed by atoms with Crippen molar-refractivity contribution >= 4 is 44.5 Å². The fourth-order valence-corrected chi connectivity index (χ4v) is 6.11. The van der Waals surface area contributed by atoms with Crippen LogP contribution in [0.25, 0.3) is 0 Å². The van der Waals surface area contributed by atoms with E-state index in [0.29, 0.717) is 10.6 Å². The van der Waals surface area contributed by atoms with E-state index in [-0.39, 0.29) is 21.9 Å². The van der Waals surface area contributed by atoms with Gasteiger partial charge in [-0.25, -0.2) is 12.7 Å². The fraction of sp³-hybridized carbons (Fsp3) is 0.0909. The lowest BCUT2D eigenvalue weighted by Gasteiger charge is -2.18. The van der Waals surface area contributed by atoms with Gasteiger partial charge in [-0.05, 0) is 42.0 Å². The molecule has 0 bridgehead atoms. The highest BCUT2D eigenvalue weighted by atomic mass is 35.5. The molecule has 30 heavy (non-hydrogen) atoms. The Hall–Kier alpha value is -2.61. The molecule has 0 radical (unpaired) electrons. The van der Waals surface area contributed by atoms with Gasteiger partial charge in [0, 0.05) is 10.6 Å². The number of sulfonamides is 1. The number of amidine groups is 1. The number of amides is 1. The molecule has 1 atom stereocenters. The van der Waals surface area contributed by atoms with Crippen LogP contribution in [0.1, 0.15) is 21.2 Å². The fourth-order valence-electron chi connectivity index (χ4n) is 3.04. The van der Waals surface area contributed by atoms with Crippen LogP contribution in [0.15, 0.2) is 94.8 Å². The molecule has 1 amide bonds.